The minimum absolute atomic E-state index is 0.159. The summed E-state index contributed by atoms with van der Waals surface area (Å²) in [7, 11) is 0. The summed E-state index contributed by atoms with van der Waals surface area (Å²) < 4.78 is 0. The zero-order chi connectivity index (χ0) is 10.3. The maximum absolute atomic E-state index is 6.41. The van der Waals surface area contributed by atoms with E-state index < -0.39 is 0 Å². The molecular formula is C13H18N2. The van der Waals surface area contributed by atoms with Gasteiger partial charge in [0, 0.05) is 17.6 Å². The zero-order valence-electron chi connectivity index (χ0n) is 8.95. The van der Waals surface area contributed by atoms with Crippen molar-refractivity contribution in [2.75, 3.05) is 0 Å². The van der Waals surface area contributed by atoms with Crippen LogP contribution in [0.25, 0.3) is 0 Å². The van der Waals surface area contributed by atoms with Crippen molar-refractivity contribution >= 4 is 0 Å². The fraction of sp³-hybridized carbons (Fsp3) is 0.538. The second kappa shape index (κ2) is 3.32. The first-order chi connectivity index (χ1) is 7.30. The molecule has 2 heterocycles. The van der Waals surface area contributed by atoms with Gasteiger partial charge in [-0.3, -0.25) is 0 Å². The van der Waals surface area contributed by atoms with E-state index in [2.05, 4.69) is 29.6 Å². The number of nitrogens with two attached hydrogens (primary N) is 1. The van der Waals surface area contributed by atoms with E-state index in [0.29, 0.717) is 0 Å². The molecule has 3 rings (SSSR count). The Morgan fingerprint density at radius 1 is 1.20 bits per heavy atom. The summed E-state index contributed by atoms with van der Waals surface area (Å²) in [6, 6.07) is 11.4. The Hall–Kier alpha value is -0.860. The molecule has 3 N–H and O–H groups in total. The van der Waals surface area contributed by atoms with E-state index in [1.54, 1.807) is 0 Å². The molecule has 80 valence electrons. The summed E-state index contributed by atoms with van der Waals surface area (Å²) in [6.45, 7) is 0. The molecule has 1 atom stereocenters. The SMILES string of the molecule is NC(c1ccccc1)C12CCC(CC1)N2. The van der Waals surface area contributed by atoms with Crippen molar-refractivity contribution in [3.8, 4) is 0 Å². The monoisotopic (exact) mass is 202 g/mol. The van der Waals surface area contributed by atoms with Crippen molar-refractivity contribution in [1.29, 1.82) is 0 Å². The minimum atomic E-state index is 0.159. The first kappa shape index (κ1) is 9.37. The average molecular weight is 202 g/mol. The van der Waals surface area contributed by atoms with Gasteiger partial charge in [-0.2, -0.15) is 0 Å². The minimum Gasteiger partial charge on any atom is -0.322 e. The van der Waals surface area contributed by atoms with Crippen LogP contribution in [0.3, 0.4) is 0 Å². The van der Waals surface area contributed by atoms with E-state index in [9.17, 15) is 0 Å². The molecule has 0 radical (unpaired) electrons. The highest BCUT2D eigenvalue weighted by Crippen LogP contribution is 2.44. The molecule has 1 aromatic rings. The molecule has 0 spiro atoms. The molecule has 2 bridgehead atoms. The Bertz CT molecular complexity index is 339. The van der Waals surface area contributed by atoms with Crippen LogP contribution in [0.4, 0.5) is 0 Å². The Kier molecular flexibility index (Phi) is 2.08. The van der Waals surface area contributed by atoms with Gasteiger partial charge in [-0.05, 0) is 31.2 Å². The number of fused-ring (bicyclic) bond motifs is 2. The Morgan fingerprint density at radius 2 is 1.87 bits per heavy atom. The summed E-state index contributed by atoms with van der Waals surface area (Å²) in [4.78, 5) is 0. The standard InChI is InChI=1S/C13H18N2/c14-12(10-4-2-1-3-5-10)13-8-6-11(15-13)7-9-13/h1-5,11-12,15H,6-9,14H2. The summed E-state index contributed by atoms with van der Waals surface area (Å²) in [6.07, 6.45) is 5.10. The molecule has 0 amide bonds. The first-order valence-corrected chi connectivity index (χ1v) is 5.88. The fourth-order valence-electron chi connectivity index (χ4n) is 3.21. The largest absolute Gasteiger partial charge is 0.322 e. The number of hydrogen-bond acceptors (Lipinski definition) is 2. The van der Waals surface area contributed by atoms with Gasteiger partial charge < -0.3 is 11.1 Å². The molecule has 2 aliphatic rings. The van der Waals surface area contributed by atoms with Gasteiger partial charge in [-0.25, -0.2) is 0 Å². The molecule has 1 unspecified atom stereocenters. The molecule has 0 aromatic heterocycles. The van der Waals surface area contributed by atoms with Gasteiger partial charge in [-0.15, -0.1) is 0 Å². The van der Waals surface area contributed by atoms with E-state index in [-0.39, 0.29) is 11.6 Å². The number of benzene rings is 1. The number of hydrogen-bond donors (Lipinski definition) is 2. The molecule has 2 nitrogen and oxygen atoms in total. The number of nitrogens with one attached hydrogen (secondary N) is 1. The van der Waals surface area contributed by atoms with Gasteiger partial charge in [0.1, 0.15) is 0 Å². The molecule has 2 heteroatoms. The van der Waals surface area contributed by atoms with Crippen LogP contribution in [0, 0.1) is 0 Å². The third-order valence-corrected chi connectivity index (χ3v) is 4.12. The summed E-state index contributed by atoms with van der Waals surface area (Å²) in [5, 5.41) is 3.71. The smallest absolute Gasteiger partial charge is 0.0480 e. The van der Waals surface area contributed by atoms with E-state index in [1.165, 1.54) is 31.2 Å². The molecule has 1 aromatic carbocycles. The predicted octanol–water partition coefficient (Wildman–Crippen LogP) is 1.97. The molecule has 2 aliphatic heterocycles. The summed E-state index contributed by atoms with van der Waals surface area (Å²) in [5.41, 5.74) is 7.88. The first-order valence-electron chi connectivity index (χ1n) is 5.88. The van der Waals surface area contributed by atoms with Crippen LogP contribution < -0.4 is 11.1 Å². The molecule has 2 saturated heterocycles. The molecule has 0 saturated carbocycles. The van der Waals surface area contributed by atoms with E-state index >= 15 is 0 Å². The Morgan fingerprint density at radius 3 is 2.40 bits per heavy atom. The van der Waals surface area contributed by atoms with Crippen molar-refractivity contribution in [2.24, 2.45) is 5.73 Å². The fourth-order valence-corrected chi connectivity index (χ4v) is 3.21. The van der Waals surface area contributed by atoms with Crippen LogP contribution in [0.2, 0.25) is 0 Å². The van der Waals surface area contributed by atoms with Crippen LogP contribution >= 0.6 is 0 Å². The summed E-state index contributed by atoms with van der Waals surface area (Å²) in [5.74, 6) is 0. The predicted molar refractivity (Wildman–Crippen MR) is 61.5 cm³/mol. The highest BCUT2D eigenvalue weighted by molar-refractivity contribution is 5.25. The van der Waals surface area contributed by atoms with Gasteiger partial charge in [0.25, 0.3) is 0 Å². The topological polar surface area (TPSA) is 38.0 Å². The highest BCUT2D eigenvalue weighted by Gasteiger charge is 2.48. The Labute approximate surface area is 90.9 Å². The molecular weight excluding hydrogens is 184 g/mol. The van der Waals surface area contributed by atoms with E-state index in [4.69, 9.17) is 5.73 Å². The lowest BCUT2D eigenvalue weighted by atomic mass is 9.79. The van der Waals surface area contributed by atoms with Crippen LogP contribution in [-0.2, 0) is 0 Å². The summed E-state index contributed by atoms with van der Waals surface area (Å²) >= 11 is 0. The van der Waals surface area contributed by atoms with Crippen LogP contribution in [0.1, 0.15) is 37.3 Å². The van der Waals surface area contributed by atoms with Crippen molar-refractivity contribution in [3.63, 3.8) is 0 Å². The number of rotatable bonds is 2. The maximum Gasteiger partial charge on any atom is 0.0480 e. The van der Waals surface area contributed by atoms with Gasteiger partial charge in [0.05, 0.1) is 0 Å². The molecule has 0 aliphatic carbocycles. The van der Waals surface area contributed by atoms with Crippen LogP contribution in [-0.4, -0.2) is 11.6 Å². The lowest BCUT2D eigenvalue weighted by Crippen LogP contribution is -2.46. The zero-order valence-corrected chi connectivity index (χ0v) is 8.95. The lowest BCUT2D eigenvalue weighted by Gasteiger charge is -2.33. The van der Waals surface area contributed by atoms with Gasteiger partial charge in [0.15, 0.2) is 0 Å². The van der Waals surface area contributed by atoms with Crippen molar-refractivity contribution in [2.45, 2.75) is 43.3 Å². The molecule has 15 heavy (non-hydrogen) atoms. The highest BCUT2D eigenvalue weighted by atomic mass is 15.1. The van der Waals surface area contributed by atoms with E-state index in [1.807, 2.05) is 6.07 Å². The van der Waals surface area contributed by atoms with Gasteiger partial charge >= 0.3 is 0 Å². The van der Waals surface area contributed by atoms with Crippen molar-refractivity contribution < 1.29 is 0 Å². The van der Waals surface area contributed by atoms with Crippen molar-refractivity contribution in [3.05, 3.63) is 35.9 Å². The third kappa shape index (κ3) is 1.40. The quantitative estimate of drug-likeness (QED) is 0.769. The Balaban J connectivity index is 1.88. The van der Waals surface area contributed by atoms with Crippen molar-refractivity contribution in [1.82, 2.24) is 5.32 Å². The third-order valence-electron chi connectivity index (χ3n) is 4.12. The lowest BCUT2D eigenvalue weighted by molar-refractivity contribution is 0.316. The van der Waals surface area contributed by atoms with Gasteiger partial charge in [0.2, 0.25) is 0 Å². The molecule has 2 fully saturated rings. The second-order valence-electron chi connectivity index (χ2n) is 4.96. The normalized spacial score (nSPS) is 35.7. The van der Waals surface area contributed by atoms with E-state index in [0.717, 1.165) is 6.04 Å². The maximum atomic E-state index is 6.41. The average Bonchev–Trinajstić information content (AvgIpc) is 2.90. The van der Waals surface area contributed by atoms with Crippen LogP contribution in [0.15, 0.2) is 30.3 Å². The van der Waals surface area contributed by atoms with Gasteiger partial charge in [-0.1, -0.05) is 30.3 Å². The second-order valence-corrected chi connectivity index (χ2v) is 4.96. The van der Waals surface area contributed by atoms with Crippen LogP contribution in [0.5, 0.6) is 0 Å².